The first kappa shape index (κ1) is 22.8. The Morgan fingerprint density at radius 1 is 1.03 bits per heavy atom. The summed E-state index contributed by atoms with van der Waals surface area (Å²) in [6.45, 7) is 0.860. The molecule has 11 heteroatoms. The lowest BCUT2D eigenvalue weighted by molar-refractivity contribution is 0.588. The zero-order valence-electron chi connectivity index (χ0n) is 19.2. The zero-order chi connectivity index (χ0) is 24.9. The van der Waals surface area contributed by atoms with Gasteiger partial charge in [-0.25, -0.2) is 13.8 Å². The number of hydrogen-bond donors (Lipinski definition) is 4. The average Bonchev–Trinajstić information content (AvgIpc) is 3.25. The van der Waals surface area contributed by atoms with Crippen molar-refractivity contribution in [3.8, 4) is 0 Å². The number of nitrogen functional groups attached to an aromatic ring is 1. The van der Waals surface area contributed by atoms with E-state index < -0.39 is 10.0 Å². The summed E-state index contributed by atoms with van der Waals surface area (Å²) in [5, 5.41) is 5.33. The van der Waals surface area contributed by atoms with Crippen molar-refractivity contribution >= 4 is 55.7 Å². The Balaban J connectivity index is 1.38. The van der Waals surface area contributed by atoms with Crippen LogP contribution in [0.3, 0.4) is 0 Å². The van der Waals surface area contributed by atoms with Crippen LogP contribution in [0.5, 0.6) is 0 Å². The van der Waals surface area contributed by atoms with Crippen molar-refractivity contribution in [2.75, 3.05) is 27.3 Å². The van der Waals surface area contributed by atoms with E-state index in [1.54, 1.807) is 30.3 Å². The van der Waals surface area contributed by atoms with Gasteiger partial charge in [0.05, 0.1) is 16.1 Å². The van der Waals surface area contributed by atoms with Crippen molar-refractivity contribution in [2.45, 2.75) is 30.3 Å². The van der Waals surface area contributed by atoms with Gasteiger partial charge in [0.25, 0.3) is 10.0 Å². The molecule has 6 rings (SSSR count). The molecule has 0 radical (unpaired) electrons. The predicted octanol–water partition coefficient (Wildman–Crippen LogP) is 3.92. The molecular weight excluding hydrogens is 498 g/mol. The highest BCUT2D eigenvalue weighted by atomic mass is 35.5. The van der Waals surface area contributed by atoms with Crippen LogP contribution in [-0.2, 0) is 23.0 Å². The van der Waals surface area contributed by atoms with Gasteiger partial charge in [-0.1, -0.05) is 54.1 Å². The highest BCUT2D eigenvalue weighted by Gasteiger charge is 2.32. The number of sulfonamides is 1. The molecule has 0 aliphatic carbocycles. The van der Waals surface area contributed by atoms with Crippen molar-refractivity contribution < 1.29 is 8.42 Å². The summed E-state index contributed by atoms with van der Waals surface area (Å²) < 4.78 is 29.7. The lowest BCUT2D eigenvalue weighted by atomic mass is 10.0. The molecule has 0 spiro atoms. The van der Waals surface area contributed by atoms with Crippen LogP contribution >= 0.6 is 11.6 Å². The molecule has 1 unspecified atom stereocenters. The Morgan fingerprint density at radius 2 is 1.83 bits per heavy atom. The minimum atomic E-state index is -3.87. The van der Waals surface area contributed by atoms with E-state index in [2.05, 4.69) is 26.1 Å². The molecule has 36 heavy (non-hydrogen) atoms. The monoisotopic (exact) mass is 521 g/mol. The molecule has 2 aliphatic heterocycles. The number of nitrogens with zero attached hydrogens (tertiary/aromatic N) is 3. The first-order valence-electron chi connectivity index (χ1n) is 11.6. The van der Waals surface area contributed by atoms with Crippen LogP contribution in [0.4, 0.5) is 23.3 Å². The van der Waals surface area contributed by atoms with E-state index in [0.717, 1.165) is 11.1 Å². The number of hydrogen-bond acceptors (Lipinski definition) is 8. The second-order valence-corrected chi connectivity index (χ2v) is 11.1. The highest BCUT2D eigenvalue weighted by Crippen LogP contribution is 2.36. The van der Waals surface area contributed by atoms with Gasteiger partial charge in [0.2, 0.25) is 5.95 Å². The van der Waals surface area contributed by atoms with E-state index in [0.29, 0.717) is 59.0 Å². The molecule has 3 aromatic carbocycles. The Bertz CT molecular complexity index is 1600. The van der Waals surface area contributed by atoms with Gasteiger partial charge < -0.3 is 16.5 Å². The summed E-state index contributed by atoms with van der Waals surface area (Å²) in [7, 11) is -3.87. The third kappa shape index (κ3) is 3.87. The maximum absolute atomic E-state index is 14.1. The van der Waals surface area contributed by atoms with Gasteiger partial charge in [-0.05, 0) is 36.6 Å². The van der Waals surface area contributed by atoms with Crippen molar-refractivity contribution in [1.29, 1.82) is 0 Å². The Labute approximate surface area is 213 Å². The molecule has 2 aliphatic rings. The van der Waals surface area contributed by atoms with E-state index in [9.17, 15) is 8.42 Å². The van der Waals surface area contributed by atoms with E-state index in [-0.39, 0.29) is 16.9 Å². The molecule has 184 valence electrons. The van der Waals surface area contributed by atoms with Crippen LogP contribution in [0, 0.1) is 0 Å². The summed E-state index contributed by atoms with van der Waals surface area (Å²) >= 11 is 6.37. The number of rotatable bonds is 4. The third-order valence-corrected chi connectivity index (χ3v) is 8.84. The standard InChI is InChI=1S/C25H24ClN7O2S/c26-20-8-3-7-18-17(20)6-4-10-22(18)36(34,35)33-12-11-16(13-15-5-1-2-9-21(15)33)29-23-19-14-28-32-24(19)31-25(27)30-23/h1-10,16,28H,11-14H2,(H4,27,29,30,31,32). The Kier molecular flexibility index (Phi) is 5.59. The molecular formula is C25H24ClN7O2S. The van der Waals surface area contributed by atoms with Crippen LogP contribution in [-0.4, -0.2) is 31.0 Å². The van der Waals surface area contributed by atoms with Crippen molar-refractivity contribution in [2.24, 2.45) is 0 Å². The Morgan fingerprint density at radius 3 is 2.72 bits per heavy atom. The number of nitrogens with one attached hydrogen (secondary N) is 3. The van der Waals surface area contributed by atoms with Gasteiger partial charge in [-0.2, -0.15) is 9.97 Å². The van der Waals surface area contributed by atoms with Crippen LogP contribution < -0.4 is 26.2 Å². The zero-order valence-corrected chi connectivity index (χ0v) is 20.8. The second-order valence-electron chi connectivity index (χ2n) is 8.87. The predicted molar refractivity (Wildman–Crippen MR) is 143 cm³/mol. The van der Waals surface area contributed by atoms with E-state index in [4.69, 9.17) is 17.3 Å². The highest BCUT2D eigenvalue weighted by molar-refractivity contribution is 7.93. The molecule has 9 nitrogen and oxygen atoms in total. The first-order valence-corrected chi connectivity index (χ1v) is 13.4. The number of aromatic nitrogens is 2. The average molecular weight is 522 g/mol. The topological polar surface area (TPSA) is 125 Å². The quantitative estimate of drug-likeness (QED) is 0.318. The van der Waals surface area contributed by atoms with Crippen LogP contribution in [0.15, 0.2) is 65.6 Å². The Hall–Kier alpha value is -3.60. The maximum atomic E-state index is 14.1. The van der Waals surface area contributed by atoms with E-state index in [1.165, 1.54) is 4.31 Å². The van der Waals surface area contributed by atoms with E-state index in [1.807, 2.05) is 30.3 Å². The number of halogens is 1. The van der Waals surface area contributed by atoms with E-state index >= 15 is 0 Å². The van der Waals surface area contributed by atoms with Crippen molar-refractivity contribution in [1.82, 2.24) is 15.4 Å². The fourth-order valence-electron chi connectivity index (χ4n) is 4.95. The molecule has 0 saturated carbocycles. The molecule has 1 aromatic heterocycles. The van der Waals surface area contributed by atoms with Gasteiger partial charge in [0.1, 0.15) is 5.82 Å². The number of para-hydroxylation sites is 1. The third-order valence-electron chi connectivity index (χ3n) is 6.64. The first-order chi connectivity index (χ1) is 17.4. The summed E-state index contributed by atoms with van der Waals surface area (Å²) in [6, 6.07) is 18.1. The molecule has 0 bridgehead atoms. The molecule has 5 N–H and O–H groups in total. The number of fused-ring (bicyclic) bond motifs is 3. The second kappa shape index (κ2) is 8.81. The van der Waals surface area contributed by atoms with Crippen LogP contribution in [0.1, 0.15) is 17.5 Å². The number of anilines is 4. The number of nitrogens with two attached hydrogens (primary N) is 1. The molecule has 0 amide bonds. The normalized spacial score (nSPS) is 17.2. The fraction of sp³-hybridized carbons (Fsp3) is 0.200. The van der Waals surface area contributed by atoms with Gasteiger partial charge in [-0.15, -0.1) is 0 Å². The van der Waals surface area contributed by atoms with Crippen LogP contribution in [0.2, 0.25) is 5.02 Å². The summed E-state index contributed by atoms with van der Waals surface area (Å²) in [6.07, 6.45) is 1.20. The minimum Gasteiger partial charge on any atom is -0.368 e. The molecule has 4 aromatic rings. The van der Waals surface area contributed by atoms with Crippen LogP contribution in [0.25, 0.3) is 10.8 Å². The number of benzene rings is 3. The lowest BCUT2D eigenvalue weighted by Gasteiger charge is -2.25. The largest absolute Gasteiger partial charge is 0.368 e. The van der Waals surface area contributed by atoms with Crippen molar-refractivity contribution in [3.63, 3.8) is 0 Å². The fourth-order valence-corrected chi connectivity index (χ4v) is 6.91. The lowest BCUT2D eigenvalue weighted by Crippen LogP contribution is -2.33. The summed E-state index contributed by atoms with van der Waals surface area (Å²) in [4.78, 5) is 8.88. The van der Waals surface area contributed by atoms with Gasteiger partial charge in [0.15, 0.2) is 5.82 Å². The van der Waals surface area contributed by atoms with Gasteiger partial charge in [0, 0.05) is 34.9 Å². The summed E-state index contributed by atoms with van der Waals surface area (Å²) in [5.41, 5.74) is 14.5. The summed E-state index contributed by atoms with van der Waals surface area (Å²) in [5.74, 6) is 1.47. The number of hydrazine groups is 1. The molecule has 0 saturated heterocycles. The SMILES string of the molecule is Nc1nc2c(c(NC3CCN(S(=O)(=O)c4cccc5c(Cl)cccc45)c4ccccc4C3)n1)CNN2. The van der Waals surface area contributed by atoms with Crippen molar-refractivity contribution in [3.05, 3.63) is 76.8 Å². The molecule has 0 fully saturated rings. The smallest absolute Gasteiger partial charge is 0.264 e. The maximum Gasteiger partial charge on any atom is 0.264 e. The molecule has 3 heterocycles. The van der Waals surface area contributed by atoms with Gasteiger partial charge in [-0.3, -0.25) is 4.31 Å². The minimum absolute atomic E-state index is 0.0627. The molecule has 1 atom stereocenters. The van der Waals surface area contributed by atoms with Gasteiger partial charge >= 0.3 is 0 Å².